The van der Waals surface area contributed by atoms with Crippen LogP contribution in [0, 0.1) is 0 Å². The van der Waals surface area contributed by atoms with Crippen molar-refractivity contribution in [3.63, 3.8) is 0 Å². The number of halogens is 3. The number of nitrogens with one attached hydrogen (secondary N) is 2. The van der Waals surface area contributed by atoms with Crippen molar-refractivity contribution in [1.29, 1.82) is 0 Å². The monoisotopic (exact) mass is 289 g/mol. The number of carbonyl (C=O) groups is 1. The van der Waals surface area contributed by atoms with Crippen molar-refractivity contribution in [2.24, 2.45) is 0 Å². The Hall–Kier alpha value is -1.60. The second-order valence-electron chi connectivity index (χ2n) is 4.61. The summed E-state index contributed by atoms with van der Waals surface area (Å²) in [6.45, 7) is 1.46. The van der Waals surface area contributed by atoms with Crippen LogP contribution < -0.4 is 10.6 Å². The highest BCUT2D eigenvalue weighted by Gasteiger charge is 2.30. The molecule has 2 N–H and O–H groups in total. The molecule has 0 radical (unpaired) electrons. The number of amides is 1. The van der Waals surface area contributed by atoms with Gasteiger partial charge < -0.3 is 15.5 Å². The average Bonchev–Trinajstić information content (AvgIpc) is 2.34. The molecule has 1 aromatic carbocycles. The van der Waals surface area contributed by atoms with Crippen LogP contribution in [0.25, 0.3) is 0 Å². The smallest absolute Gasteiger partial charge is 0.325 e. The molecule has 0 bridgehead atoms. The van der Waals surface area contributed by atoms with E-state index < -0.39 is 11.7 Å². The summed E-state index contributed by atoms with van der Waals surface area (Å²) in [4.78, 5) is 13.5. The summed E-state index contributed by atoms with van der Waals surface area (Å²) < 4.78 is 37.5. The molecule has 0 aliphatic heterocycles. The number of anilines is 1. The van der Waals surface area contributed by atoms with E-state index in [0.29, 0.717) is 6.54 Å². The zero-order valence-electron chi connectivity index (χ0n) is 11.4. The Kier molecular flexibility index (Phi) is 5.97. The third kappa shape index (κ3) is 6.03. The molecule has 0 atom stereocenters. The first-order chi connectivity index (χ1) is 9.29. The Labute approximate surface area is 116 Å². The van der Waals surface area contributed by atoms with Gasteiger partial charge in [0.25, 0.3) is 0 Å². The van der Waals surface area contributed by atoms with E-state index in [1.165, 1.54) is 12.1 Å². The molecule has 0 saturated heterocycles. The Balaban J connectivity index is 2.46. The van der Waals surface area contributed by atoms with Crippen LogP contribution in [0.5, 0.6) is 0 Å². The summed E-state index contributed by atoms with van der Waals surface area (Å²) in [6, 6.07) is 4.56. The zero-order chi connectivity index (χ0) is 15.2. The molecule has 0 fully saturated rings. The van der Waals surface area contributed by atoms with E-state index in [1.54, 1.807) is 0 Å². The Morgan fingerprint density at radius 3 is 2.60 bits per heavy atom. The van der Waals surface area contributed by atoms with Crippen molar-refractivity contribution in [2.45, 2.75) is 6.18 Å². The van der Waals surface area contributed by atoms with Crippen LogP contribution >= 0.6 is 0 Å². The first-order valence-electron chi connectivity index (χ1n) is 6.11. The maximum absolute atomic E-state index is 12.5. The molecule has 0 heterocycles. The van der Waals surface area contributed by atoms with Gasteiger partial charge in [0.1, 0.15) is 0 Å². The number of hydrogen-bond acceptors (Lipinski definition) is 3. The van der Waals surface area contributed by atoms with Gasteiger partial charge in [-0.2, -0.15) is 13.2 Å². The van der Waals surface area contributed by atoms with E-state index in [0.717, 1.165) is 18.7 Å². The normalized spacial score (nSPS) is 11.7. The summed E-state index contributed by atoms with van der Waals surface area (Å²) in [7, 11) is 3.81. The van der Waals surface area contributed by atoms with E-state index in [1.807, 2.05) is 19.0 Å². The molecule has 0 saturated carbocycles. The molecule has 112 valence electrons. The molecule has 0 unspecified atom stereocenters. The molecule has 0 aliphatic rings. The van der Waals surface area contributed by atoms with Crippen LogP contribution in [0.4, 0.5) is 18.9 Å². The van der Waals surface area contributed by atoms with Crippen LogP contribution in [0.2, 0.25) is 0 Å². The quantitative estimate of drug-likeness (QED) is 0.785. The largest absolute Gasteiger partial charge is 0.416 e. The molecular weight excluding hydrogens is 271 g/mol. The Morgan fingerprint density at radius 2 is 2.00 bits per heavy atom. The zero-order valence-corrected chi connectivity index (χ0v) is 11.4. The SMILES string of the molecule is CN(C)CCNCC(=O)Nc1cccc(C(F)(F)F)c1. The molecular formula is C13H18F3N3O. The fourth-order valence-electron chi connectivity index (χ4n) is 1.48. The highest BCUT2D eigenvalue weighted by Crippen LogP contribution is 2.30. The highest BCUT2D eigenvalue weighted by molar-refractivity contribution is 5.92. The van der Waals surface area contributed by atoms with Crippen molar-refractivity contribution >= 4 is 11.6 Å². The van der Waals surface area contributed by atoms with Crippen LogP contribution in [-0.4, -0.2) is 44.5 Å². The number of benzene rings is 1. The minimum absolute atomic E-state index is 0.0596. The van der Waals surface area contributed by atoms with Gasteiger partial charge >= 0.3 is 6.18 Å². The van der Waals surface area contributed by atoms with Gasteiger partial charge in [-0.3, -0.25) is 4.79 Å². The maximum Gasteiger partial charge on any atom is 0.416 e. The average molecular weight is 289 g/mol. The summed E-state index contributed by atoms with van der Waals surface area (Å²) in [6.07, 6.45) is -4.41. The molecule has 1 rings (SSSR count). The number of hydrogen-bond donors (Lipinski definition) is 2. The Morgan fingerprint density at radius 1 is 1.30 bits per heavy atom. The first-order valence-corrected chi connectivity index (χ1v) is 6.11. The number of alkyl halides is 3. The lowest BCUT2D eigenvalue weighted by Crippen LogP contribution is -2.33. The van der Waals surface area contributed by atoms with E-state index in [9.17, 15) is 18.0 Å². The minimum Gasteiger partial charge on any atom is -0.325 e. The highest BCUT2D eigenvalue weighted by atomic mass is 19.4. The summed E-state index contributed by atoms with van der Waals surface area (Å²) in [5, 5.41) is 5.33. The van der Waals surface area contributed by atoms with Crippen LogP contribution in [-0.2, 0) is 11.0 Å². The fourth-order valence-corrected chi connectivity index (χ4v) is 1.48. The summed E-state index contributed by atoms with van der Waals surface area (Å²) >= 11 is 0. The number of nitrogens with zero attached hydrogens (tertiary/aromatic N) is 1. The van der Waals surface area contributed by atoms with Crippen LogP contribution in [0.3, 0.4) is 0 Å². The number of carbonyl (C=O) groups excluding carboxylic acids is 1. The molecule has 1 amide bonds. The molecule has 1 aromatic rings. The lowest BCUT2D eigenvalue weighted by Gasteiger charge is -2.11. The molecule has 0 spiro atoms. The van der Waals surface area contributed by atoms with E-state index in [-0.39, 0.29) is 18.1 Å². The third-order valence-corrected chi connectivity index (χ3v) is 2.50. The van der Waals surface area contributed by atoms with Gasteiger partial charge in [0, 0.05) is 18.8 Å². The van der Waals surface area contributed by atoms with Crippen molar-refractivity contribution in [3.05, 3.63) is 29.8 Å². The predicted molar refractivity (Wildman–Crippen MR) is 71.5 cm³/mol. The minimum atomic E-state index is -4.41. The Bertz CT molecular complexity index is 447. The van der Waals surface area contributed by atoms with Crippen LogP contribution in [0.15, 0.2) is 24.3 Å². The third-order valence-electron chi connectivity index (χ3n) is 2.50. The lowest BCUT2D eigenvalue weighted by atomic mass is 10.2. The van der Waals surface area contributed by atoms with Gasteiger partial charge in [0.05, 0.1) is 12.1 Å². The fraction of sp³-hybridized carbons (Fsp3) is 0.462. The van der Waals surface area contributed by atoms with Gasteiger partial charge in [-0.05, 0) is 32.3 Å². The van der Waals surface area contributed by atoms with Crippen molar-refractivity contribution < 1.29 is 18.0 Å². The van der Waals surface area contributed by atoms with Crippen molar-refractivity contribution in [2.75, 3.05) is 39.0 Å². The summed E-state index contributed by atoms with van der Waals surface area (Å²) in [5.41, 5.74) is -0.643. The number of rotatable bonds is 6. The van der Waals surface area contributed by atoms with Gasteiger partial charge in [-0.15, -0.1) is 0 Å². The standard InChI is InChI=1S/C13H18F3N3O/c1-19(2)7-6-17-9-12(20)18-11-5-3-4-10(8-11)13(14,15)16/h3-5,8,17H,6-7,9H2,1-2H3,(H,18,20). The van der Waals surface area contributed by atoms with Gasteiger partial charge in [-0.25, -0.2) is 0 Å². The van der Waals surface area contributed by atoms with Gasteiger partial charge in [0.2, 0.25) is 5.91 Å². The molecule has 7 heteroatoms. The van der Waals surface area contributed by atoms with Crippen LogP contribution in [0.1, 0.15) is 5.56 Å². The van der Waals surface area contributed by atoms with E-state index in [2.05, 4.69) is 10.6 Å². The second-order valence-corrected chi connectivity index (χ2v) is 4.61. The van der Waals surface area contributed by atoms with Gasteiger partial charge in [0.15, 0.2) is 0 Å². The maximum atomic E-state index is 12.5. The van der Waals surface area contributed by atoms with E-state index >= 15 is 0 Å². The predicted octanol–water partition coefficient (Wildman–Crippen LogP) is 1.80. The molecule has 20 heavy (non-hydrogen) atoms. The topological polar surface area (TPSA) is 44.4 Å². The second kappa shape index (κ2) is 7.25. The number of likely N-dealkylation sites (N-methyl/N-ethyl adjacent to an activating group) is 1. The van der Waals surface area contributed by atoms with Gasteiger partial charge in [-0.1, -0.05) is 6.07 Å². The lowest BCUT2D eigenvalue weighted by molar-refractivity contribution is -0.137. The molecule has 4 nitrogen and oxygen atoms in total. The molecule has 0 aromatic heterocycles. The summed E-state index contributed by atoms with van der Waals surface area (Å²) in [5.74, 6) is -0.372. The van der Waals surface area contributed by atoms with Crippen molar-refractivity contribution in [3.8, 4) is 0 Å². The van der Waals surface area contributed by atoms with Crippen molar-refractivity contribution in [1.82, 2.24) is 10.2 Å². The van der Waals surface area contributed by atoms with E-state index in [4.69, 9.17) is 0 Å². The molecule has 0 aliphatic carbocycles. The first kappa shape index (κ1) is 16.5.